The molecule has 1 atom stereocenters. The van der Waals surface area contributed by atoms with E-state index in [4.69, 9.17) is 0 Å². The topological polar surface area (TPSA) is 17.1 Å². The second kappa shape index (κ2) is 3.26. The van der Waals surface area contributed by atoms with Crippen molar-refractivity contribution in [2.24, 2.45) is 5.92 Å². The van der Waals surface area contributed by atoms with Crippen molar-refractivity contribution in [2.45, 2.75) is 32.1 Å². The van der Waals surface area contributed by atoms with Gasteiger partial charge in [-0.1, -0.05) is 17.7 Å². The zero-order valence-electron chi connectivity index (χ0n) is 7.25. The SMILES string of the molecule is O=C1C=C2CC/C=C\CCC2C1. The highest BCUT2D eigenvalue weighted by atomic mass is 16.1. The number of ketones is 1. The summed E-state index contributed by atoms with van der Waals surface area (Å²) < 4.78 is 0. The molecule has 2 aliphatic rings. The van der Waals surface area contributed by atoms with Crippen molar-refractivity contribution in [1.82, 2.24) is 0 Å². The fourth-order valence-electron chi connectivity index (χ4n) is 2.10. The number of carbonyl (C=O) groups is 1. The zero-order chi connectivity index (χ0) is 8.39. The van der Waals surface area contributed by atoms with Crippen LogP contribution in [-0.4, -0.2) is 5.78 Å². The maximum Gasteiger partial charge on any atom is 0.156 e. The maximum atomic E-state index is 11.1. The molecule has 0 saturated heterocycles. The number of rotatable bonds is 0. The third-order valence-electron chi connectivity index (χ3n) is 2.77. The molecule has 0 radical (unpaired) electrons. The largest absolute Gasteiger partial charge is 0.295 e. The Bertz CT molecular complexity index is 248. The molecule has 0 aromatic heterocycles. The first-order valence-corrected chi connectivity index (χ1v) is 4.74. The minimum absolute atomic E-state index is 0.344. The summed E-state index contributed by atoms with van der Waals surface area (Å²) in [5.41, 5.74) is 1.41. The quantitative estimate of drug-likeness (QED) is 0.500. The predicted octanol–water partition coefficient (Wildman–Crippen LogP) is 2.63. The van der Waals surface area contributed by atoms with E-state index in [2.05, 4.69) is 12.2 Å². The molecule has 0 aliphatic heterocycles. The second-order valence-corrected chi connectivity index (χ2v) is 3.67. The van der Waals surface area contributed by atoms with Crippen LogP contribution in [0.15, 0.2) is 23.8 Å². The normalized spacial score (nSPS) is 31.8. The van der Waals surface area contributed by atoms with Crippen LogP contribution in [-0.2, 0) is 4.79 Å². The molecule has 2 aliphatic carbocycles. The van der Waals surface area contributed by atoms with E-state index in [9.17, 15) is 4.79 Å². The molecule has 1 heteroatoms. The van der Waals surface area contributed by atoms with Crippen molar-refractivity contribution in [3.63, 3.8) is 0 Å². The van der Waals surface area contributed by atoms with Crippen LogP contribution < -0.4 is 0 Å². The summed E-state index contributed by atoms with van der Waals surface area (Å²) >= 11 is 0. The lowest BCUT2D eigenvalue weighted by molar-refractivity contribution is -0.114. The van der Waals surface area contributed by atoms with Crippen LogP contribution in [0.4, 0.5) is 0 Å². The lowest BCUT2D eigenvalue weighted by atomic mass is 9.91. The number of carbonyl (C=O) groups excluding carboxylic acids is 1. The third kappa shape index (κ3) is 1.50. The van der Waals surface area contributed by atoms with E-state index in [1.165, 1.54) is 12.0 Å². The van der Waals surface area contributed by atoms with Gasteiger partial charge in [-0.25, -0.2) is 0 Å². The summed E-state index contributed by atoms with van der Waals surface area (Å²) in [6.45, 7) is 0. The minimum Gasteiger partial charge on any atom is -0.295 e. The monoisotopic (exact) mass is 162 g/mol. The number of hydrogen-bond donors (Lipinski definition) is 0. The summed E-state index contributed by atoms with van der Waals surface area (Å²) in [7, 11) is 0. The van der Waals surface area contributed by atoms with E-state index in [1.807, 2.05) is 6.08 Å². The highest BCUT2D eigenvalue weighted by Gasteiger charge is 2.23. The van der Waals surface area contributed by atoms with E-state index >= 15 is 0 Å². The van der Waals surface area contributed by atoms with Gasteiger partial charge >= 0.3 is 0 Å². The average molecular weight is 162 g/mol. The molecule has 12 heavy (non-hydrogen) atoms. The van der Waals surface area contributed by atoms with Crippen molar-refractivity contribution >= 4 is 5.78 Å². The number of hydrogen-bond acceptors (Lipinski definition) is 1. The molecule has 0 amide bonds. The van der Waals surface area contributed by atoms with Crippen LogP contribution in [0, 0.1) is 5.92 Å². The lowest BCUT2D eigenvalue weighted by Crippen LogP contribution is -2.01. The summed E-state index contributed by atoms with van der Waals surface area (Å²) in [5.74, 6) is 0.930. The van der Waals surface area contributed by atoms with Crippen LogP contribution in [0.1, 0.15) is 32.1 Å². The first-order chi connectivity index (χ1) is 5.86. The van der Waals surface area contributed by atoms with Gasteiger partial charge < -0.3 is 0 Å². The highest BCUT2D eigenvalue weighted by molar-refractivity contribution is 5.93. The van der Waals surface area contributed by atoms with E-state index in [1.54, 1.807) is 0 Å². The molecule has 0 spiro atoms. The molecular weight excluding hydrogens is 148 g/mol. The first-order valence-electron chi connectivity index (χ1n) is 4.74. The Labute approximate surface area is 73.2 Å². The van der Waals surface area contributed by atoms with E-state index in [-0.39, 0.29) is 0 Å². The van der Waals surface area contributed by atoms with Gasteiger partial charge in [0.2, 0.25) is 0 Å². The van der Waals surface area contributed by atoms with E-state index < -0.39 is 0 Å². The molecule has 0 N–H and O–H groups in total. The second-order valence-electron chi connectivity index (χ2n) is 3.67. The van der Waals surface area contributed by atoms with Crippen molar-refractivity contribution in [2.75, 3.05) is 0 Å². The fraction of sp³-hybridized carbons (Fsp3) is 0.545. The smallest absolute Gasteiger partial charge is 0.156 e. The molecule has 0 saturated carbocycles. The third-order valence-corrected chi connectivity index (χ3v) is 2.77. The predicted molar refractivity (Wildman–Crippen MR) is 48.8 cm³/mol. The number of fused-ring (bicyclic) bond motifs is 1. The molecule has 0 fully saturated rings. The minimum atomic E-state index is 0.344. The van der Waals surface area contributed by atoms with E-state index in [0.717, 1.165) is 25.7 Å². The zero-order valence-corrected chi connectivity index (χ0v) is 7.25. The first kappa shape index (κ1) is 7.78. The Balaban J connectivity index is 2.12. The van der Waals surface area contributed by atoms with Crippen LogP contribution >= 0.6 is 0 Å². The molecule has 1 unspecified atom stereocenters. The highest BCUT2D eigenvalue weighted by Crippen LogP contribution is 2.32. The summed E-state index contributed by atoms with van der Waals surface area (Å²) in [6, 6.07) is 0. The van der Waals surface area contributed by atoms with Gasteiger partial charge in [0.25, 0.3) is 0 Å². The Hall–Kier alpha value is -0.850. The van der Waals surface area contributed by atoms with Gasteiger partial charge in [-0.3, -0.25) is 4.79 Å². The van der Waals surface area contributed by atoms with Gasteiger partial charge in [-0.05, 0) is 37.7 Å². The van der Waals surface area contributed by atoms with Gasteiger partial charge in [0, 0.05) is 6.42 Å². The van der Waals surface area contributed by atoms with Gasteiger partial charge in [0.05, 0.1) is 0 Å². The van der Waals surface area contributed by atoms with Crippen molar-refractivity contribution in [3.05, 3.63) is 23.8 Å². The van der Waals surface area contributed by atoms with Crippen LogP contribution in [0.2, 0.25) is 0 Å². The summed E-state index contributed by atoms with van der Waals surface area (Å²) in [4.78, 5) is 11.1. The van der Waals surface area contributed by atoms with Gasteiger partial charge in [-0.15, -0.1) is 0 Å². The van der Waals surface area contributed by atoms with Crippen molar-refractivity contribution < 1.29 is 4.79 Å². The van der Waals surface area contributed by atoms with Gasteiger partial charge in [-0.2, -0.15) is 0 Å². The Kier molecular flexibility index (Phi) is 2.11. The van der Waals surface area contributed by atoms with Crippen LogP contribution in [0.5, 0.6) is 0 Å². The molecule has 0 aromatic rings. The van der Waals surface area contributed by atoms with Crippen LogP contribution in [0.3, 0.4) is 0 Å². The molecule has 0 heterocycles. The average Bonchev–Trinajstić information content (AvgIpc) is 2.32. The molecule has 64 valence electrons. The summed E-state index contributed by atoms with van der Waals surface area (Å²) in [5, 5.41) is 0. The molecule has 2 rings (SSSR count). The van der Waals surface area contributed by atoms with E-state index in [0.29, 0.717) is 11.7 Å². The molecule has 1 nitrogen and oxygen atoms in total. The van der Waals surface area contributed by atoms with Crippen molar-refractivity contribution in [3.8, 4) is 0 Å². The molecular formula is C11H14O. The standard InChI is InChI=1S/C11H14O/c12-11-7-9-5-3-1-2-4-6-10(9)8-11/h1-2,7,10H,3-6,8H2/b2-1-. The van der Waals surface area contributed by atoms with Gasteiger partial charge in [0.1, 0.15) is 0 Å². The Morgan fingerprint density at radius 1 is 1.25 bits per heavy atom. The molecule has 0 bridgehead atoms. The molecule has 0 aromatic carbocycles. The van der Waals surface area contributed by atoms with Crippen LogP contribution in [0.25, 0.3) is 0 Å². The Morgan fingerprint density at radius 3 is 3.00 bits per heavy atom. The maximum absolute atomic E-state index is 11.1. The summed E-state index contributed by atoms with van der Waals surface area (Å²) in [6.07, 6.45) is 11.7. The lowest BCUT2D eigenvalue weighted by Gasteiger charge is -2.14. The number of allylic oxidation sites excluding steroid dienone is 4. The Morgan fingerprint density at radius 2 is 2.08 bits per heavy atom. The fourth-order valence-corrected chi connectivity index (χ4v) is 2.10. The van der Waals surface area contributed by atoms with Gasteiger partial charge in [0.15, 0.2) is 5.78 Å². The van der Waals surface area contributed by atoms with Crippen molar-refractivity contribution in [1.29, 1.82) is 0 Å².